The van der Waals surface area contributed by atoms with Crippen molar-refractivity contribution in [1.82, 2.24) is 19.0 Å². The van der Waals surface area contributed by atoms with Gasteiger partial charge in [0.05, 0.1) is 5.75 Å². The molecule has 8 nitrogen and oxygen atoms in total. The van der Waals surface area contributed by atoms with E-state index < -0.39 is 15.8 Å². The number of halogens is 1. The van der Waals surface area contributed by atoms with Crippen LogP contribution in [-0.2, 0) is 20.6 Å². The van der Waals surface area contributed by atoms with Crippen LogP contribution in [0, 0.1) is 17.7 Å². The number of hydrogen-bond acceptors (Lipinski definition) is 4. The average molecular weight is 479 g/mol. The molecule has 4 heterocycles. The van der Waals surface area contributed by atoms with E-state index in [9.17, 15) is 22.4 Å². The average Bonchev–Trinajstić information content (AvgIpc) is 2.81. The number of piperidine rings is 3. The van der Waals surface area contributed by atoms with Gasteiger partial charge >= 0.3 is 6.03 Å². The molecule has 180 valence electrons. The third-order valence-electron chi connectivity index (χ3n) is 7.65. The number of carbonyl (C=O) groups is 2. The summed E-state index contributed by atoms with van der Waals surface area (Å²) in [7, 11) is -3.66. The van der Waals surface area contributed by atoms with Gasteiger partial charge in [0, 0.05) is 63.8 Å². The lowest BCUT2D eigenvalue weighted by atomic mass is 9.76. The Morgan fingerprint density at radius 3 is 2.55 bits per heavy atom. The molecule has 0 aliphatic carbocycles. The molecule has 3 amide bonds. The number of hydrogen-bond donors (Lipinski definition) is 0. The third kappa shape index (κ3) is 4.47. The molecule has 0 N–H and O–H groups in total. The Balaban J connectivity index is 1.18. The van der Waals surface area contributed by atoms with Crippen LogP contribution in [0.25, 0.3) is 0 Å². The Labute approximate surface area is 194 Å². The Hall–Kier alpha value is -2.20. The first-order valence-corrected chi connectivity index (χ1v) is 13.5. The van der Waals surface area contributed by atoms with Gasteiger partial charge in [0.2, 0.25) is 15.9 Å². The highest BCUT2D eigenvalue weighted by molar-refractivity contribution is 7.88. The minimum Gasteiger partial charge on any atom is -0.339 e. The highest BCUT2D eigenvalue weighted by Gasteiger charge is 2.45. The number of sulfonamides is 1. The van der Waals surface area contributed by atoms with Gasteiger partial charge in [0.25, 0.3) is 0 Å². The third-order valence-corrected chi connectivity index (χ3v) is 9.48. The predicted octanol–water partition coefficient (Wildman–Crippen LogP) is 1.73. The van der Waals surface area contributed by atoms with Crippen LogP contribution in [-0.4, -0.2) is 91.2 Å². The summed E-state index contributed by atoms with van der Waals surface area (Å²) in [5, 5.41) is 0. The number of nitrogens with zero attached hydrogens (tertiary/aromatic N) is 4. The molecule has 33 heavy (non-hydrogen) atoms. The van der Waals surface area contributed by atoms with Crippen LogP contribution >= 0.6 is 0 Å². The molecule has 4 saturated heterocycles. The van der Waals surface area contributed by atoms with E-state index in [0.29, 0.717) is 44.4 Å². The van der Waals surface area contributed by atoms with Gasteiger partial charge in [-0.05, 0) is 37.2 Å². The van der Waals surface area contributed by atoms with E-state index in [-0.39, 0.29) is 42.4 Å². The summed E-state index contributed by atoms with van der Waals surface area (Å²) in [4.78, 5) is 31.3. The molecule has 10 heteroatoms. The molecular weight excluding hydrogens is 447 g/mol. The van der Waals surface area contributed by atoms with Crippen molar-refractivity contribution >= 4 is 22.0 Å². The van der Waals surface area contributed by atoms with Crippen LogP contribution in [0.1, 0.15) is 31.2 Å². The van der Waals surface area contributed by atoms with Gasteiger partial charge in [-0.15, -0.1) is 0 Å². The Bertz CT molecular complexity index is 1030. The van der Waals surface area contributed by atoms with Crippen molar-refractivity contribution < 1.29 is 22.4 Å². The van der Waals surface area contributed by atoms with Gasteiger partial charge in [0.15, 0.2) is 0 Å². The number of amides is 3. The van der Waals surface area contributed by atoms with Crippen molar-refractivity contribution in [3.8, 4) is 0 Å². The normalized spacial score (nSPS) is 28.6. The zero-order valence-corrected chi connectivity index (χ0v) is 19.6. The van der Waals surface area contributed by atoms with Gasteiger partial charge in [0.1, 0.15) is 5.82 Å². The summed E-state index contributed by atoms with van der Waals surface area (Å²) in [6, 6.07) is 6.12. The molecule has 4 aliphatic heterocycles. The molecule has 0 aromatic heterocycles. The molecule has 4 aliphatic rings. The number of urea groups is 1. The molecule has 1 aromatic rings. The van der Waals surface area contributed by atoms with Crippen molar-refractivity contribution in [3.05, 3.63) is 35.6 Å². The number of carbonyl (C=O) groups excluding carboxylic acids is 2. The molecular formula is C23H31FN4O4S. The molecule has 1 aromatic carbocycles. The van der Waals surface area contributed by atoms with Crippen LogP contribution in [0.15, 0.2) is 24.3 Å². The summed E-state index contributed by atoms with van der Waals surface area (Å²) in [5.74, 6) is -0.00141. The first-order valence-electron chi connectivity index (χ1n) is 11.9. The first kappa shape index (κ1) is 22.6. The maximum absolute atomic E-state index is 13.9. The van der Waals surface area contributed by atoms with E-state index in [4.69, 9.17) is 0 Å². The number of piperazine rings is 1. The van der Waals surface area contributed by atoms with Crippen molar-refractivity contribution in [1.29, 1.82) is 0 Å². The second-order valence-corrected chi connectivity index (χ2v) is 11.8. The van der Waals surface area contributed by atoms with Gasteiger partial charge in [-0.25, -0.2) is 17.6 Å². The minimum atomic E-state index is -3.66. The number of fused-ring (bicyclic) bond motifs is 4. The van der Waals surface area contributed by atoms with E-state index in [0.717, 1.165) is 25.8 Å². The topological polar surface area (TPSA) is 81.2 Å². The van der Waals surface area contributed by atoms with E-state index in [1.165, 1.54) is 22.5 Å². The quantitative estimate of drug-likeness (QED) is 0.663. The molecule has 4 fully saturated rings. The fraction of sp³-hybridized carbons (Fsp3) is 0.652. The summed E-state index contributed by atoms with van der Waals surface area (Å²) in [6.45, 7) is 3.14. The second-order valence-electron chi connectivity index (χ2n) is 9.79. The SMILES string of the molecule is O=C(N1CCN(S(=O)(=O)Cc2ccccc2F)CC1)N1C[C@H]2C[C@H](C1)[C@H]1CCCC(=O)N1C2. The number of benzene rings is 1. The zero-order chi connectivity index (χ0) is 23.2. The van der Waals surface area contributed by atoms with Crippen LogP contribution in [0.2, 0.25) is 0 Å². The van der Waals surface area contributed by atoms with E-state index >= 15 is 0 Å². The lowest BCUT2D eigenvalue weighted by Gasteiger charge is -2.53. The standard InChI is InChI=1S/C23H31FN4O4S/c24-20-5-2-1-4-18(20)16-33(31,32)27-10-8-25(9-11-27)23(30)26-13-17-12-19(15-26)21-6-3-7-22(29)28(21)14-17/h1-2,4-5,17,19,21H,3,6-16H2/t17-,19-,21-/m1/s1. The fourth-order valence-electron chi connectivity index (χ4n) is 6.03. The highest BCUT2D eigenvalue weighted by Crippen LogP contribution is 2.38. The fourth-order valence-corrected chi connectivity index (χ4v) is 7.56. The van der Waals surface area contributed by atoms with E-state index in [2.05, 4.69) is 4.90 Å². The van der Waals surface area contributed by atoms with Gasteiger partial charge in [-0.2, -0.15) is 4.31 Å². The Kier molecular flexibility index (Phi) is 6.07. The Morgan fingerprint density at radius 1 is 1.03 bits per heavy atom. The van der Waals surface area contributed by atoms with Gasteiger partial charge in [-0.3, -0.25) is 4.79 Å². The summed E-state index contributed by atoms with van der Waals surface area (Å²) in [6.07, 6.45) is 3.66. The van der Waals surface area contributed by atoms with Crippen molar-refractivity contribution in [2.24, 2.45) is 11.8 Å². The maximum atomic E-state index is 13.9. The van der Waals surface area contributed by atoms with E-state index in [1.807, 2.05) is 4.90 Å². The molecule has 5 rings (SSSR count). The number of rotatable bonds is 3. The van der Waals surface area contributed by atoms with Crippen molar-refractivity contribution in [2.75, 3.05) is 45.8 Å². The summed E-state index contributed by atoms with van der Waals surface area (Å²) >= 11 is 0. The van der Waals surface area contributed by atoms with Crippen LogP contribution < -0.4 is 0 Å². The monoisotopic (exact) mass is 478 g/mol. The zero-order valence-electron chi connectivity index (χ0n) is 18.7. The van der Waals surface area contributed by atoms with Crippen molar-refractivity contribution in [3.63, 3.8) is 0 Å². The maximum Gasteiger partial charge on any atom is 0.320 e. The molecule has 0 saturated carbocycles. The minimum absolute atomic E-state index is 0.0357. The smallest absolute Gasteiger partial charge is 0.320 e. The van der Waals surface area contributed by atoms with Gasteiger partial charge < -0.3 is 14.7 Å². The van der Waals surface area contributed by atoms with Crippen molar-refractivity contribution in [2.45, 2.75) is 37.5 Å². The Morgan fingerprint density at radius 2 is 1.79 bits per heavy atom. The van der Waals surface area contributed by atoms with Crippen LogP contribution in [0.4, 0.5) is 9.18 Å². The summed E-state index contributed by atoms with van der Waals surface area (Å²) in [5.41, 5.74) is 0.158. The van der Waals surface area contributed by atoms with Gasteiger partial charge in [-0.1, -0.05) is 18.2 Å². The number of likely N-dealkylation sites (tertiary alicyclic amines) is 1. The molecule has 3 atom stereocenters. The summed E-state index contributed by atoms with van der Waals surface area (Å²) < 4.78 is 40.9. The molecule has 0 spiro atoms. The lowest BCUT2D eigenvalue weighted by Crippen LogP contribution is -2.63. The molecule has 2 bridgehead atoms. The first-order chi connectivity index (χ1) is 15.8. The molecule has 0 unspecified atom stereocenters. The molecule has 0 radical (unpaired) electrons. The van der Waals surface area contributed by atoms with Crippen LogP contribution in [0.5, 0.6) is 0 Å². The second kappa shape index (κ2) is 8.87. The highest BCUT2D eigenvalue weighted by atomic mass is 32.2. The predicted molar refractivity (Wildman–Crippen MR) is 120 cm³/mol. The van der Waals surface area contributed by atoms with Crippen LogP contribution in [0.3, 0.4) is 0 Å². The largest absolute Gasteiger partial charge is 0.339 e. The van der Waals surface area contributed by atoms with E-state index in [1.54, 1.807) is 11.0 Å². The lowest BCUT2D eigenvalue weighted by molar-refractivity contribution is -0.144.